The zero-order chi connectivity index (χ0) is 22.3. The van der Waals surface area contributed by atoms with Gasteiger partial charge in [0.1, 0.15) is 11.6 Å². The molecule has 31 heavy (non-hydrogen) atoms. The van der Waals surface area contributed by atoms with Crippen LogP contribution in [0.25, 0.3) is 0 Å². The van der Waals surface area contributed by atoms with Crippen molar-refractivity contribution in [3.63, 3.8) is 0 Å². The van der Waals surface area contributed by atoms with Crippen molar-refractivity contribution in [2.24, 2.45) is 11.3 Å². The quantitative estimate of drug-likeness (QED) is 0.518. The predicted molar refractivity (Wildman–Crippen MR) is 124 cm³/mol. The van der Waals surface area contributed by atoms with Crippen molar-refractivity contribution in [1.82, 2.24) is 9.97 Å². The lowest BCUT2D eigenvalue weighted by Gasteiger charge is -2.38. The van der Waals surface area contributed by atoms with Crippen LogP contribution in [-0.4, -0.2) is 28.6 Å². The van der Waals surface area contributed by atoms with Gasteiger partial charge >= 0.3 is 0 Å². The lowest BCUT2D eigenvalue weighted by Crippen LogP contribution is -2.37. The zero-order valence-electron chi connectivity index (χ0n) is 18.7. The van der Waals surface area contributed by atoms with Gasteiger partial charge in [0, 0.05) is 29.4 Å². The van der Waals surface area contributed by atoms with Gasteiger partial charge in [-0.25, -0.2) is 4.98 Å². The molecule has 0 amide bonds. The van der Waals surface area contributed by atoms with Gasteiger partial charge < -0.3 is 15.0 Å². The number of methoxy groups -OCH3 is 1. The molecular weight excluding hydrogens is 410 g/mol. The van der Waals surface area contributed by atoms with Crippen LogP contribution in [0.3, 0.4) is 0 Å². The van der Waals surface area contributed by atoms with Crippen molar-refractivity contribution in [2.75, 3.05) is 18.2 Å². The Labute approximate surface area is 186 Å². The molecule has 0 radical (unpaired) electrons. The van der Waals surface area contributed by atoms with Crippen LogP contribution < -0.4 is 15.6 Å². The molecule has 1 unspecified atom stereocenters. The van der Waals surface area contributed by atoms with Gasteiger partial charge in [-0.15, -0.1) is 0 Å². The molecule has 1 aliphatic carbocycles. The van der Waals surface area contributed by atoms with Crippen LogP contribution >= 0.6 is 11.8 Å². The summed E-state index contributed by atoms with van der Waals surface area (Å²) in [6.07, 6.45) is 1.20. The Morgan fingerprint density at radius 2 is 1.90 bits per heavy atom. The Bertz CT molecular complexity index is 1100. The highest BCUT2D eigenvalue weighted by atomic mass is 32.2. The number of aromatic amines is 1. The minimum absolute atomic E-state index is 0.0860. The standard InChI is InChI=1S/C24H29N3O3S/c1-13(2)12-31-23-26-21-20(22(29)27-23)18(14-6-8-15(30-5)9-7-14)19-16(25-21)10-24(3,4)11-17(19)28/h6-9,13,18H,10-12H2,1-5H3,(H2,25,26,27,29). The molecule has 6 nitrogen and oxygen atoms in total. The average molecular weight is 440 g/mol. The van der Waals surface area contributed by atoms with E-state index in [9.17, 15) is 9.59 Å². The number of carbonyl (C=O) groups is 1. The van der Waals surface area contributed by atoms with Gasteiger partial charge in [-0.1, -0.05) is 51.6 Å². The molecule has 1 aromatic heterocycles. The third-order valence-corrected chi connectivity index (χ3v) is 7.00. The number of hydrogen-bond acceptors (Lipinski definition) is 6. The molecule has 1 atom stereocenters. The molecule has 2 aromatic rings. The van der Waals surface area contributed by atoms with E-state index in [1.807, 2.05) is 24.3 Å². The first-order valence-electron chi connectivity index (χ1n) is 10.6. The van der Waals surface area contributed by atoms with Crippen LogP contribution in [-0.2, 0) is 4.79 Å². The summed E-state index contributed by atoms with van der Waals surface area (Å²) in [6.45, 7) is 8.47. The molecule has 4 rings (SSSR count). The molecular formula is C24H29N3O3S. The Morgan fingerprint density at radius 3 is 2.55 bits per heavy atom. The second-order valence-corrected chi connectivity index (χ2v) is 10.5. The zero-order valence-corrected chi connectivity index (χ0v) is 19.5. The molecule has 2 N–H and O–H groups in total. The number of anilines is 1. The van der Waals surface area contributed by atoms with Crippen LogP contribution in [0.2, 0.25) is 0 Å². The Morgan fingerprint density at radius 1 is 1.19 bits per heavy atom. The minimum atomic E-state index is -0.443. The van der Waals surface area contributed by atoms with E-state index in [4.69, 9.17) is 9.72 Å². The number of Topliss-reactive ketones (excluding diaryl/α,β-unsaturated/α-hetero) is 1. The lowest BCUT2D eigenvalue weighted by molar-refractivity contribution is -0.118. The van der Waals surface area contributed by atoms with Gasteiger partial charge in [-0.3, -0.25) is 9.59 Å². The molecule has 7 heteroatoms. The third kappa shape index (κ3) is 4.28. The number of ketones is 1. The van der Waals surface area contributed by atoms with Crippen LogP contribution in [0.15, 0.2) is 45.5 Å². The van der Waals surface area contributed by atoms with E-state index in [1.54, 1.807) is 18.9 Å². The maximum absolute atomic E-state index is 13.3. The molecule has 2 heterocycles. The fourth-order valence-electron chi connectivity index (χ4n) is 4.34. The van der Waals surface area contributed by atoms with E-state index >= 15 is 0 Å². The topological polar surface area (TPSA) is 84.1 Å². The molecule has 0 fully saturated rings. The first kappa shape index (κ1) is 21.7. The van der Waals surface area contributed by atoms with Crippen molar-refractivity contribution in [3.05, 3.63) is 57.0 Å². The summed E-state index contributed by atoms with van der Waals surface area (Å²) in [7, 11) is 1.62. The number of aromatic nitrogens is 2. The number of hydrogen-bond donors (Lipinski definition) is 2. The minimum Gasteiger partial charge on any atom is -0.497 e. The lowest BCUT2D eigenvalue weighted by atomic mass is 9.69. The molecule has 2 aliphatic rings. The van der Waals surface area contributed by atoms with Crippen LogP contribution in [0.5, 0.6) is 5.75 Å². The molecule has 0 spiro atoms. The molecule has 0 saturated heterocycles. The Kier molecular flexibility index (Phi) is 5.73. The van der Waals surface area contributed by atoms with Gasteiger partial charge in [0.2, 0.25) is 0 Å². The fourth-order valence-corrected chi connectivity index (χ4v) is 5.15. The highest BCUT2D eigenvalue weighted by molar-refractivity contribution is 7.99. The summed E-state index contributed by atoms with van der Waals surface area (Å²) in [5.41, 5.74) is 2.62. The van der Waals surface area contributed by atoms with Gasteiger partial charge in [0.15, 0.2) is 10.9 Å². The monoisotopic (exact) mass is 439 g/mol. The maximum Gasteiger partial charge on any atom is 0.257 e. The summed E-state index contributed by atoms with van der Waals surface area (Å²) in [5.74, 6) is 2.28. The summed E-state index contributed by atoms with van der Waals surface area (Å²) < 4.78 is 5.29. The smallest absolute Gasteiger partial charge is 0.257 e. The van der Waals surface area contributed by atoms with Crippen LogP contribution in [0.1, 0.15) is 57.6 Å². The predicted octanol–water partition coefficient (Wildman–Crippen LogP) is 4.73. The van der Waals surface area contributed by atoms with E-state index in [1.165, 1.54) is 0 Å². The largest absolute Gasteiger partial charge is 0.497 e. The molecule has 0 bridgehead atoms. The van der Waals surface area contributed by atoms with Crippen molar-refractivity contribution in [1.29, 1.82) is 0 Å². The second-order valence-electron chi connectivity index (χ2n) is 9.50. The van der Waals surface area contributed by atoms with E-state index in [0.717, 1.165) is 29.2 Å². The number of rotatable bonds is 5. The maximum atomic E-state index is 13.3. The van der Waals surface area contributed by atoms with Crippen molar-refractivity contribution in [3.8, 4) is 5.75 Å². The third-order valence-electron chi connectivity index (χ3n) is 5.70. The summed E-state index contributed by atoms with van der Waals surface area (Å²) in [4.78, 5) is 34.2. The highest BCUT2D eigenvalue weighted by Gasteiger charge is 2.42. The van der Waals surface area contributed by atoms with Gasteiger partial charge in [0.25, 0.3) is 5.56 Å². The number of H-pyrrole nitrogens is 1. The van der Waals surface area contributed by atoms with Crippen molar-refractivity contribution < 1.29 is 9.53 Å². The number of ether oxygens (including phenoxy) is 1. The van der Waals surface area contributed by atoms with Gasteiger partial charge in [0.05, 0.1) is 12.7 Å². The second kappa shape index (κ2) is 8.19. The van der Waals surface area contributed by atoms with Gasteiger partial charge in [-0.05, 0) is 35.4 Å². The van der Waals surface area contributed by atoms with Crippen molar-refractivity contribution >= 4 is 23.4 Å². The normalized spacial score (nSPS) is 19.7. The number of nitrogens with one attached hydrogen (secondary N) is 2. The molecule has 1 aliphatic heterocycles. The van der Waals surface area contributed by atoms with E-state index in [-0.39, 0.29) is 16.8 Å². The van der Waals surface area contributed by atoms with E-state index < -0.39 is 5.92 Å². The summed E-state index contributed by atoms with van der Waals surface area (Å²) >= 11 is 1.54. The SMILES string of the molecule is COc1ccc(C2C3=C(CC(C)(C)CC3=O)Nc3nc(SCC(C)C)[nH]c(=O)c32)cc1. The Balaban J connectivity index is 1.87. The van der Waals surface area contributed by atoms with E-state index in [2.05, 4.69) is 38.0 Å². The average Bonchev–Trinajstić information content (AvgIpc) is 2.70. The first-order chi connectivity index (χ1) is 14.7. The number of carbonyl (C=O) groups excluding carboxylic acids is 1. The fraction of sp³-hybridized carbons (Fsp3) is 0.458. The number of nitrogens with zero attached hydrogens (tertiary/aromatic N) is 1. The van der Waals surface area contributed by atoms with Crippen LogP contribution in [0.4, 0.5) is 5.82 Å². The number of allylic oxidation sites excluding steroid dienone is 2. The molecule has 0 saturated carbocycles. The first-order valence-corrected chi connectivity index (χ1v) is 11.6. The van der Waals surface area contributed by atoms with Crippen molar-refractivity contribution in [2.45, 2.75) is 51.6 Å². The van der Waals surface area contributed by atoms with Crippen LogP contribution in [0, 0.1) is 11.3 Å². The van der Waals surface area contributed by atoms with E-state index in [0.29, 0.717) is 34.4 Å². The Hall–Kier alpha value is -2.54. The highest BCUT2D eigenvalue weighted by Crippen LogP contribution is 2.47. The summed E-state index contributed by atoms with van der Waals surface area (Å²) in [5, 5.41) is 3.97. The molecule has 164 valence electrons. The number of benzene rings is 1. The summed E-state index contributed by atoms with van der Waals surface area (Å²) in [6, 6.07) is 7.58. The van der Waals surface area contributed by atoms with Gasteiger partial charge in [-0.2, -0.15) is 0 Å². The number of fused-ring (bicyclic) bond motifs is 1. The number of thioether (sulfide) groups is 1. The molecule has 1 aromatic carbocycles.